The van der Waals surface area contributed by atoms with Gasteiger partial charge in [-0.05, 0) is 30.3 Å². The third kappa shape index (κ3) is 2.61. The highest BCUT2D eigenvalue weighted by molar-refractivity contribution is 5.94. The van der Waals surface area contributed by atoms with Gasteiger partial charge in [-0.25, -0.2) is 9.59 Å². The molecule has 6 heteroatoms. The number of rotatable bonds is 2. The summed E-state index contributed by atoms with van der Waals surface area (Å²) in [5.74, 6) is -0.0378. The lowest BCUT2D eigenvalue weighted by atomic mass is 10.1. The molecule has 0 spiro atoms. The smallest absolute Gasteiger partial charge is 0.351 e. The number of benzene rings is 2. The van der Waals surface area contributed by atoms with Crippen molar-refractivity contribution in [1.82, 2.24) is 0 Å². The fraction of sp³-hybridized carbons (Fsp3) is 0.158. The van der Waals surface area contributed by atoms with Gasteiger partial charge in [-0.15, -0.1) is 0 Å². The number of anilines is 1. The van der Waals surface area contributed by atoms with E-state index in [1.807, 2.05) is 41.3 Å². The molecule has 1 aliphatic rings. The Morgan fingerprint density at radius 2 is 1.96 bits per heavy atom. The maximum atomic E-state index is 12.1. The van der Waals surface area contributed by atoms with Crippen LogP contribution in [0, 0.1) is 0 Å². The van der Waals surface area contributed by atoms with E-state index < -0.39 is 11.6 Å². The number of para-hydroxylation sites is 1. The molecule has 0 N–H and O–H groups in total. The molecule has 0 fully saturated rings. The third-order valence-electron chi connectivity index (χ3n) is 4.21. The van der Waals surface area contributed by atoms with Gasteiger partial charge in [-0.2, -0.15) is 0 Å². The molecule has 0 bridgehead atoms. The standard InChI is InChI=1S/C19H15NO5/c1-23-18(21)14-9-12-7-8-16-15(17(12)25-19(14)22)10-20(11-24-16)13-5-3-2-4-6-13/h2-9H,10-11H2,1H3. The lowest BCUT2D eigenvalue weighted by molar-refractivity contribution is 0.0596. The molecule has 0 amide bonds. The Morgan fingerprint density at radius 1 is 1.16 bits per heavy atom. The largest absolute Gasteiger partial charge is 0.473 e. The first-order valence-electron chi connectivity index (χ1n) is 7.78. The highest BCUT2D eigenvalue weighted by Gasteiger charge is 2.23. The number of nitrogens with zero attached hydrogens (tertiary/aromatic N) is 1. The van der Waals surface area contributed by atoms with Crippen LogP contribution in [0.4, 0.5) is 5.69 Å². The highest BCUT2D eigenvalue weighted by atomic mass is 16.5. The first-order valence-corrected chi connectivity index (χ1v) is 7.78. The second-order valence-corrected chi connectivity index (χ2v) is 5.71. The van der Waals surface area contributed by atoms with Crippen LogP contribution in [0.1, 0.15) is 15.9 Å². The molecule has 6 nitrogen and oxygen atoms in total. The van der Waals surface area contributed by atoms with E-state index in [0.717, 1.165) is 11.3 Å². The normalized spacial score (nSPS) is 13.2. The zero-order valence-electron chi connectivity index (χ0n) is 13.5. The molecule has 0 aliphatic carbocycles. The predicted octanol–water partition coefficient (Wildman–Crippen LogP) is 2.94. The van der Waals surface area contributed by atoms with Gasteiger partial charge in [0.05, 0.1) is 19.2 Å². The molecule has 0 unspecified atom stereocenters. The Bertz CT molecular complexity index is 1010. The maximum absolute atomic E-state index is 12.1. The summed E-state index contributed by atoms with van der Waals surface area (Å²) in [6.07, 6.45) is 0. The zero-order valence-corrected chi connectivity index (χ0v) is 13.5. The van der Waals surface area contributed by atoms with Crippen LogP contribution in [0.5, 0.6) is 5.75 Å². The lowest BCUT2D eigenvalue weighted by Gasteiger charge is -2.30. The molecule has 0 atom stereocenters. The Hall–Kier alpha value is -3.28. The molecular weight excluding hydrogens is 322 g/mol. The van der Waals surface area contributed by atoms with Crippen molar-refractivity contribution in [3.8, 4) is 5.75 Å². The number of carbonyl (C=O) groups excluding carboxylic acids is 1. The summed E-state index contributed by atoms with van der Waals surface area (Å²) in [5.41, 5.74) is 1.38. The second kappa shape index (κ2) is 5.98. The van der Waals surface area contributed by atoms with E-state index in [9.17, 15) is 9.59 Å². The molecule has 25 heavy (non-hydrogen) atoms. The van der Waals surface area contributed by atoms with Crippen LogP contribution < -0.4 is 15.3 Å². The van der Waals surface area contributed by atoms with Crippen molar-refractivity contribution in [2.45, 2.75) is 6.54 Å². The van der Waals surface area contributed by atoms with Gasteiger partial charge in [0, 0.05) is 11.1 Å². The summed E-state index contributed by atoms with van der Waals surface area (Å²) >= 11 is 0. The molecule has 126 valence electrons. The number of methoxy groups -OCH3 is 1. The topological polar surface area (TPSA) is 69.0 Å². The summed E-state index contributed by atoms with van der Waals surface area (Å²) in [6.45, 7) is 0.949. The number of hydrogen-bond donors (Lipinski definition) is 0. The molecule has 1 aromatic heterocycles. The fourth-order valence-electron chi connectivity index (χ4n) is 2.95. The minimum atomic E-state index is -0.718. The van der Waals surface area contributed by atoms with Gasteiger partial charge < -0.3 is 18.8 Å². The van der Waals surface area contributed by atoms with Crippen molar-refractivity contribution in [2.75, 3.05) is 18.7 Å². The Labute approximate surface area is 143 Å². The summed E-state index contributed by atoms with van der Waals surface area (Å²) < 4.78 is 15.9. The summed E-state index contributed by atoms with van der Waals surface area (Å²) in [4.78, 5) is 25.9. The third-order valence-corrected chi connectivity index (χ3v) is 4.21. The highest BCUT2D eigenvalue weighted by Crippen LogP contribution is 2.33. The molecule has 0 radical (unpaired) electrons. The molecule has 0 saturated carbocycles. The number of fused-ring (bicyclic) bond motifs is 3. The van der Waals surface area contributed by atoms with Crippen LogP contribution in [0.15, 0.2) is 57.7 Å². The van der Waals surface area contributed by atoms with Gasteiger partial charge in [0.25, 0.3) is 0 Å². The van der Waals surface area contributed by atoms with E-state index in [1.165, 1.54) is 13.2 Å². The van der Waals surface area contributed by atoms with Crippen molar-refractivity contribution in [1.29, 1.82) is 0 Å². The molecule has 2 heterocycles. The minimum absolute atomic E-state index is 0.119. The van der Waals surface area contributed by atoms with Crippen molar-refractivity contribution in [3.63, 3.8) is 0 Å². The van der Waals surface area contributed by atoms with E-state index in [2.05, 4.69) is 4.74 Å². The zero-order chi connectivity index (χ0) is 17.4. The van der Waals surface area contributed by atoms with Gasteiger partial charge in [0.2, 0.25) is 0 Å². The van der Waals surface area contributed by atoms with Crippen molar-refractivity contribution in [3.05, 3.63) is 70.1 Å². The monoisotopic (exact) mass is 337 g/mol. The number of ether oxygens (including phenoxy) is 2. The Morgan fingerprint density at radius 3 is 2.72 bits per heavy atom. The van der Waals surface area contributed by atoms with E-state index in [0.29, 0.717) is 30.0 Å². The van der Waals surface area contributed by atoms with Gasteiger partial charge in [0.1, 0.15) is 16.9 Å². The summed E-state index contributed by atoms with van der Waals surface area (Å²) in [5, 5.41) is 0.650. The van der Waals surface area contributed by atoms with Crippen LogP contribution >= 0.6 is 0 Å². The second-order valence-electron chi connectivity index (χ2n) is 5.71. The van der Waals surface area contributed by atoms with Gasteiger partial charge >= 0.3 is 11.6 Å². The van der Waals surface area contributed by atoms with Crippen LogP contribution in [-0.2, 0) is 11.3 Å². The summed E-state index contributed by atoms with van der Waals surface area (Å²) in [6, 6.07) is 14.9. The lowest BCUT2D eigenvalue weighted by Crippen LogP contribution is -2.32. The van der Waals surface area contributed by atoms with Gasteiger partial charge in [0.15, 0.2) is 6.73 Å². The Balaban J connectivity index is 1.82. The van der Waals surface area contributed by atoms with Gasteiger partial charge in [-0.1, -0.05) is 18.2 Å². The minimum Gasteiger partial charge on any atom is -0.473 e. The number of esters is 1. The van der Waals surface area contributed by atoms with Crippen molar-refractivity contribution in [2.24, 2.45) is 0 Å². The van der Waals surface area contributed by atoms with Crippen molar-refractivity contribution < 1.29 is 18.7 Å². The van der Waals surface area contributed by atoms with Crippen molar-refractivity contribution >= 4 is 22.6 Å². The Kier molecular flexibility index (Phi) is 3.65. The molecule has 2 aromatic carbocycles. The first kappa shape index (κ1) is 15.3. The first-order chi connectivity index (χ1) is 12.2. The molecule has 3 aromatic rings. The molecule has 4 rings (SSSR count). The van der Waals surface area contributed by atoms with Crippen LogP contribution in [-0.4, -0.2) is 19.8 Å². The quantitative estimate of drug-likeness (QED) is 0.529. The molecule has 0 saturated heterocycles. The predicted molar refractivity (Wildman–Crippen MR) is 91.9 cm³/mol. The van der Waals surface area contributed by atoms with Crippen LogP contribution in [0.2, 0.25) is 0 Å². The molecular formula is C19H15NO5. The maximum Gasteiger partial charge on any atom is 0.351 e. The van der Waals surface area contributed by atoms with E-state index in [1.54, 1.807) is 6.07 Å². The number of hydrogen-bond acceptors (Lipinski definition) is 6. The SMILES string of the molecule is COC(=O)c1cc2ccc3c(c2oc1=O)CN(c1ccccc1)CO3. The average molecular weight is 337 g/mol. The van der Waals surface area contributed by atoms with E-state index in [-0.39, 0.29) is 5.56 Å². The van der Waals surface area contributed by atoms with E-state index in [4.69, 9.17) is 9.15 Å². The van der Waals surface area contributed by atoms with Crippen LogP contribution in [0.3, 0.4) is 0 Å². The van der Waals surface area contributed by atoms with E-state index >= 15 is 0 Å². The fourth-order valence-corrected chi connectivity index (χ4v) is 2.95. The van der Waals surface area contributed by atoms with Crippen LogP contribution in [0.25, 0.3) is 11.0 Å². The average Bonchev–Trinajstić information content (AvgIpc) is 2.67. The summed E-state index contributed by atoms with van der Waals surface area (Å²) in [7, 11) is 1.23. The molecule has 1 aliphatic heterocycles. The van der Waals surface area contributed by atoms with Gasteiger partial charge in [-0.3, -0.25) is 0 Å². The number of carbonyl (C=O) groups is 1.